The van der Waals surface area contributed by atoms with Crippen LogP contribution in [0.2, 0.25) is 5.02 Å². The number of carbonyl (C=O) groups excluding carboxylic acids is 1. The third-order valence-corrected chi connectivity index (χ3v) is 4.11. The standard InChI is InChI=1S/C16H15ClN2O3/c1-10-6-14(20)13(7-18-10)15(21)19-8-16(22,9-19)11-2-4-12(17)5-3-11/h2-7,22H,8-9H2,1H3,(H,18,20). The second-order valence-corrected chi connectivity index (χ2v) is 6.03. The number of hydrogen-bond acceptors (Lipinski definition) is 3. The number of aliphatic hydroxyl groups is 1. The molecule has 1 aliphatic heterocycles. The molecule has 0 unspecified atom stereocenters. The van der Waals surface area contributed by atoms with Crippen molar-refractivity contribution in [3.63, 3.8) is 0 Å². The van der Waals surface area contributed by atoms with Crippen molar-refractivity contribution in [3.8, 4) is 0 Å². The number of pyridine rings is 1. The van der Waals surface area contributed by atoms with Crippen molar-refractivity contribution in [1.29, 1.82) is 0 Å². The Balaban J connectivity index is 1.76. The first-order chi connectivity index (χ1) is 10.4. The lowest BCUT2D eigenvalue weighted by molar-refractivity contribution is -0.0864. The highest BCUT2D eigenvalue weighted by Crippen LogP contribution is 2.33. The molecule has 3 rings (SSSR count). The molecule has 2 N–H and O–H groups in total. The number of nitrogens with zero attached hydrogens (tertiary/aromatic N) is 1. The summed E-state index contributed by atoms with van der Waals surface area (Å²) in [7, 11) is 0. The number of hydrogen-bond donors (Lipinski definition) is 2. The summed E-state index contributed by atoms with van der Waals surface area (Å²) in [6.45, 7) is 2.06. The van der Waals surface area contributed by atoms with Crippen LogP contribution < -0.4 is 5.43 Å². The smallest absolute Gasteiger partial charge is 0.259 e. The molecular formula is C16H15ClN2O3. The van der Waals surface area contributed by atoms with E-state index < -0.39 is 5.60 Å². The fraction of sp³-hybridized carbons (Fsp3) is 0.250. The van der Waals surface area contributed by atoms with Crippen LogP contribution >= 0.6 is 11.6 Å². The molecule has 1 aromatic carbocycles. The molecular weight excluding hydrogens is 304 g/mol. The lowest BCUT2D eigenvalue weighted by Gasteiger charge is -2.46. The fourth-order valence-corrected chi connectivity index (χ4v) is 2.71. The number of H-pyrrole nitrogens is 1. The number of rotatable bonds is 2. The van der Waals surface area contributed by atoms with Crippen molar-refractivity contribution < 1.29 is 9.90 Å². The summed E-state index contributed by atoms with van der Waals surface area (Å²) in [6, 6.07) is 8.26. The van der Waals surface area contributed by atoms with Crippen molar-refractivity contribution in [3.05, 3.63) is 68.6 Å². The highest BCUT2D eigenvalue weighted by molar-refractivity contribution is 6.30. The van der Waals surface area contributed by atoms with E-state index in [-0.39, 0.29) is 30.0 Å². The fourth-order valence-electron chi connectivity index (χ4n) is 2.58. The van der Waals surface area contributed by atoms with E-state index in [2.05, 4.69) is 4.98 Å². The van der Waals surface area contributed by atoms with Crippen molar-refractivity contribution in [2.24, 2.45) is 0 Å². The van der Waals surface area contributed by atoms with Gasteiger partial charge in [-0.25, -0.2) is 0 Å². The van der Waals surface area contributed by atoms with Gasteiger partial charge in [0.15, 0.2) is 5.43 Å². The Labute approximate surface area is 132 Å². The van der Waals surface area contributed by atoms with Crippen molar-refractivity contribution in [2.75, 3.05) is 13.1 Å². The van der Waals surface area contributed by atoms with Gasteiger partial charge in [0.25, 0.3) is 5.91 Å². The molecule has 22 heavy (non-hydrogen) atoms. The molecule has 6 heteroatoms. The average Bonchev–Trinajstić information content (AvgIpc) is 2.44. The first kappa shape index (κ1) is 14.8. The number of aromatic amines is 1. The zero-order valence-corrected chi connectivity index (χ0v) is 12.7. The number of amides is 1. The Hall–Kier alpha value is -2.11. The predicted octanol–water partition coefficient (Wildman–Crippen LogP) is 1.68. The second kappa shape index (κ2) is 5.26. The Kier molecular flexibility index (Phi) is 3.54. The van der Waals surface area contributed by atoms with Crippen LogP contribution in [-0.2, 0) is 5.60 Å². The molecule has 1 amide bonds. The largest absolute Gasteiger partial charge is 0.381 e. The Morgan fingerprint density at radius 1 is 1.32 bits per heavy atom. The quantitative estimate of drug-likeness (QED) is 0.885. The molecule has 1 aromatic heterocycles. The van der Waals surface area contributed by atoms with E-state index in [1.807, 2.05) is 0 Å². The Morgan fingerprint density at radius 2 is 1.95 bits per heavy atom. The van der Waals surface area contributed by atoms with Crippen LogP contribution in [0.4, 0.5) is 0 Å². The number of carbonyl (C=O) groups is 1. The zero-order valence-electron chi connectivity index (χ0n) is 12.0. The van der Waals surface area contributed by atoms with Gasteiger partial charge < -0.3 is 15.0 Å². The van der Waals surface area contributed by atoms with Gasteiger partial charge in [0.1, 0.15) is 11.2 Å². The van der Waals surface area contributed by atoms with Crippen molar-refractivity contribution in [1.82, 2.24) is 9.88 Å². The summed E-state index contributed by atoms with van der Waals surface area (Å²) in [5.74, 6) is -0.375. The number of likely N-dealkylation sites (tertiary alicyclic amines) is 1. The number of β-amino-alcohol motifs (C(OH)–C–C–N with tert-alkyl or cyclic N) is 1. The van der Waals surface area contributed by atoms with Crippen LogP contribution in [0.5, 0.6) is 0 Å². The first-order valence-electron chi connectivity index (χ1n) is 6.86. The maximum Gasteiger partial charge on any atom is 0.259 e. The summed E-state index contributed by atoms with van der Waals surface area (Å²) in [5.41, 5.74) is 0.0890. The maximum absolute atomic E-state index is 12.3. The van der Waals surface area contributed by atoms with Crippen molar-refractivity contribution >= 4 is 17.5 Å². The lowest BCUT2D eigenvalue weighted by Crippen LogP contribution is -2.61. The normalized spacial score (nSPS) is 16.2. The van der Waals surface area contributed by atoms with Gasteiger partial charge in [-0.05, 0) is 24.6 Å². The molecule has 0 atom stereocenters. The highest BCUT2D eigenvalue weighted by atomic mass is 35.5. The monoisotopic (exact) mass is 318 g/mol. The molecule has 2 heterocycles. The van der Waals surface area contributed by atoms with Crippen LogP contribution in [0.3, 0.4) is 0 Å². The van der Waals surface area contributed by atoms with Crippen LogP contribution in [0.15, 0.2) is 41.3 Å². The molecule has 0 saturated carbocycles. The van der Waals surface area contributed by atoms with Crippen LogP contribution in [0.25, 0.3) is 0 Å². The maximum atomic E-state index is 12.3. The molecule has 0 aliphatic carbocycles. The number of benzene rings is 1. The summed E-state index contributed by atoms with van der Waals surface area (Å²) < 4.78 is 0. The van der Waals surface area contributed by atoms with Gasteiger partial charge in [-0.1, -0.05) is 23.7 Å². The molecule has 0 spiro atoms. The van der Waals surface area contributed by atoms with Crippen LogP contribution in [0, 0.1) is 6.92 Å². The lowest BCUT2D eigenvalue weighted by atomic mass is 9.86. The molecule has 1 fully saturated rings. The van der Waals surface area contributed by atoms with E-state index in [1.165, 1.54) is 17.2 Å². The Morgan fingerprint density at radius 3 is 2.55 bits per heavy atom. The minimum atomic E-state index is -1.09. The summed E-state index contributed by atoms with van der Waals surface area (Å²) >= 11 is 5.83. The first-order valence-corrected chi connectivity index (χ1v) is 7.24. The number of nitrogens with one attached hydrogen (secondary N) is 1. The van der Waals surface area contributed by atoms with E-state index in [0.29, 0.717) is 16.3 Å². The van der Waals surface area contributed by atoms with Gasteiger partial charge in [0.2, 0.25) is 0 Å². The summed E-state index contributed by atoms with van der Waals surface area (Å²) in [6.07, 6.45) is 1.42. The number of halogens is 1. The summed E-state index contributed by atoms with van der Waals surface area (Å²) in [4.78, 5) is 28.5. The van der Waals surface area contributed by atoms with E-state index in [9.17, 15) is 14.7 Å². The number of aryl methyl sites for hydroxylation is 1. The highest BCUT2D eigenvalue weighted by Gasteiger charge is 2.45. The average molecular weight is 319 g/mol. The molecule has 0 radical (unpaired) electrons. The third kappa shape index (κ3) is 2.53. The number of aromatic nitrogens is 1. The van der Waals surface area contributed by atoms with Crippen LogP contribution in [0.1, 0.15) is 21.6 Å². The van der Waals surface area contributed by atoms with Gasteiger partial charge in [0, 0.05) is 23.0 Å². The second-order valence-electron chi connectivity index (χ2n) is 5.59. The topological polar surface area (TPSA) is 73.4 Å². The molecule has 5 nitrogen and oxygen atoms in total. The van der Waals surface area contributed by atoms with Crippen molar-refractivity contribution in [2.45, 2.75) is 12.5 Å². The summed E-state index contributed by atoms with van der Waals surface area (Å²) in [5, 5.41) is 11.1. The minimum Gasteiger partial charge on any atom is -0.381 e. The SMILES string of the molecule is Cc1cc(=O)c(C(=O)N2CC(O)(c3ccc(Cl)cc3)C2)c[nH]1. The van der Waals surface area contributed by atoms with E-state index in [1.54, 1.807) is 31.2 Å². The van der Waals surface area contributed by atoms with Gasteiger partial charge in [-0.15, -0.1) is 0 Å². The Bertz CT molecular complexity index is 777. The van der Waals surface area contributed by atoms with E-state index in [0.717, 1.165) is 0 Å². The van der Waals surface area contributed by atoms with E-state index in [4.69, 9.17) is 11.6 Å². The zero-order chi connectivity index (χ0) is 15.9. The van der Waals surface area contributed by atoms with E-state index >= 15 is 0 Å². The third-order valence-electron chi connectivity index (χ3n) is 3.86. The molecule has 2 aromatic rings. The molecule has 0 bridgehead atoms. The van der Waals surface area contributed by atoms with Gasteiger partial charge >= 0.3 is 0 Å². The van der Waals surface area contributed by atoms with Gasteiger partial charge in [-0.2, -0.15) is 0 Å². The molecule has 1 aliphatic rings. The van der Waals surface area contributed by atoms with Crippen LogP contribution in [-0.4, -0.2) is 34.0 Å². The predicted molar refractivity (Wildman–Crippen MR) is 83.1 cm³/mol. The minimum absolute atomic E-state index is 0.0868. The van der Waals surface area contributed by atoms with Gasteiger partial charge in [0.05, 0.1) is 13.1 Å². The van der Waals surface area contributed by atoms with Gasteiger partial charge in [-0.3, -0.25) is 9.59 Å². The molecule has 1 saturated heterocycles. The molecule has 114 valence electrons.